The Bertz CT molecular complexity index is 549. The van der Waals surface area contributed by atoms with Gasteiger partial charge in [-0.05, 0) is 30.7 Å². The molecule has 5 nitrogen and oxygen atoms in total. The van der Waals surface area contributed by atoms with E-state index in [2.05, 4.69) is 17.3 Å². The molecule has 2 aromatic rings. The van der Waals surface area contributed by atoms with Gasteiger partial charge in [0.2, 0.25) is 0 Å². The highest BCUT2D eigenvalue weighted by Gasteiger charge is 2.17. The summed E-state index contributed by atoms with van der Waals surface area (Å²) in [7, 11) is 3.53. The highest BCUT2D eigenvalue weighted by atomic mass is 16.5. The van der Waals surface area contributed by atoms with Crippen molar-refractivity contribution < 1.29 is 9.84 Å². The number of aliphatic hydroxyl groups excluding tert-OH is 1. The average molecular weight is 275 g/mol. The molecule has 0 bridgehead atoms. The monoisotopic (exact) mass is 275 g/mol. The van der Waals surface area contributed by atoms with E-state index in [4.69, 9.17) is 4.74 Å². The molecule has 1 atom stereocenters. The van der Waals surface area contributed by atoms with Gasteiger partial charge in [0, 0.05) is 24.5 Å². The first-order chi connectivity index (χ1) is 9.67. The smallest absolute Gasteiger partial charge is 0.119 e. The predicted octanol–water partition coefficient (Wildman–Crippen LogP) is 2.14. The molecule has 0 saturated carbocycles. The summed E-state index contributed by atoms with van der Waals surface area (Å²) in [6, 6.07) is 7.49. The second kappa shape index (κ2) is 6.43. The SMILES string of the molecule is CCc1nn(C)cc1C(CO)Nc1ccc(OC)cc1. The molecular formula is C15H21N3O2. The number of ether oxygens (including phenoxy) is 1. The van der Waals surface area contributed by atoms with Crippen LogP contribution in [0.15, 0.2) is 30.5 Å². The largest absolute Gasteiger partial charge is 0.497 e. The van der Waals surface area contributed by atoms with Crippen LogP contribution in [0.5, 0.6) is 5.75 Å². The Kier molecular flexibility index (Phi) is 4.63. The topological polar surface area (TPSA) is 59.3 Å². The summed E-state index contributed by atoms with van der Waals surface area (Å²) in [5.74, 6) is 0.812. The van der Waals surface area contributed by atoms with Crippen LogP contribution in [-0.4, -0.2) is 28.6 Å². The molecule has 20 heavy (non-hydrogen) atoms. The van der Waals surface area contributed by atoms with Crippen molar-refractivity contribution in [1.29, 1.82) is 0 Å². The second-order valence-corrected chi connectivity index (χ2v) is 4.67. The van der Waals surface area contributed by atoms with Crippen LogP contribution in [0.25, 0.3) is 0 Å². The zero-order valence-electron chi connectivity index (χ0n) is 12.1. The van der Waals surface area contributed by atoms with Gasteiger partial charge in [-0.2, -0.15) is 5.10 Å². The Labute approximate surface area is 119 Å². The van der Waals surface area contributed by atoms with Crippen molar-refractivity contribution in [1.82, 2.24) is 9.78 Å². The van der Waals surface area contributed by atoms with Gasteiger partial charge in [0.1, 0.15) is 5.75 Å². The van der Waals surface area contributed by atoms with E-state index in [1.54, 1.807) is 11.8 Å². The van der Waals surface area contributed by atoms with Crippen molar-refractivity contribution in [2.75, 3.05) is 19.0 Å². The summed E-state index contributed by atoms with van der Waals surface area (Å²) in [5, 5.41) is 17.4. The fraction of sp³-hybridized carbons (Fsp3) is 0.400. The molecule has 1 heterocycles. The van der Waals surface area contributed by atoms with Gasteiger partial charge < -0.3 is 15.2 Å². The molecule has 108 valence electrons. The Morgan fingerprint density at radius 1 is 1.35 bits per heavy atom. The lowest BCUT2D eigenvalue weighted by Gasteiger charge is -2.17. The molecule has 0 amide bonds. The summed E-state index contributed by atoms with van der Waals surface area (Å²) >= 11 is 0. The molecule has 2 N–H and O–H groups in total. The Balaban J connectivity index is 2.19. The number of hydrogen-bond acceptors (Lipinski definition) is 4. The summed E-state index contributed by atoms with van der Waals surface area (Å²) in [5.41, 5.74) is 2.98. The lowest BCUT2D eigenvalue weighted by Crippen LogP contribution is -2.15. The van der Waals surface area contributed by atoms with E-state index in [0.29, 0.717) is 0 Å². The number of nitrogens with zero attached hydrogens (tertiary/aromatic N) is 2. The normalized spacial score (nSPS) is 12.2. The minimum absolute atomic E-state index is 0.0186. The Morgan fingerprint density at radius 3 is 2.60 bits per heavy atom. The molecule has 0 aliphatic rings. The van der Waals surface area contributed by atoms with Crippen LogP contribution in [0, 0.1) is 0 Å². The minimum Gasteiger partial charge on any atom is -0.497 e. The van der Waals surface area contributed by atoms with Crippen LogP contribution in [0.2, 0.25) is 0 Å². The number of methoxy groups -OCH3 is 1. The number of hydrogen-bond donors (Lipinski definition) is 2. The molecule has 1 aromatic heterocycles. The summed E-state index contributed by atoms with van der Waals surface area (Å²) in [6.07, 6.45) is 2.80. The Hall–Kier alpha value is -2.01. The van der Waals surface area contributed by atoms with Crippen LogP contribution in [0.4, 0.5) is 5.69 Å². The van der Waals surface area contributed by atoms with Gasteiger partial charge >= 0.3 is 0 Å². The van der Waals surface area contributed by atoms with Crippen molar-refractivity contribution in [3.05, 3.63) is 41.7 Å². The van der Waals surface area contributed by atoms with Gasteiger partial charge in [0.05, 0.1) is 25.5 Å². The van der Waals surface area contributed by atoms with Crippen LogP contribution in [-0.2, 0) is 13.5 Å². The van der Waals surface area contributed by atoms with Crippen molar-refractivity contribution in [2.24, 2.45) is 7.05 Å². The lowest BCUT2D eigenvalue weighted by molar-refractivity contribution is 0.276. The number of aliphatic hydroxyl groups is 1. The third-order valence-electron chi connectivity index (χ3n) is 3.26. The predicted molar refractivity (Wildman–Crippen MR) is 79.0 cm³/mol. The van der Waals surface area contributed by atoms with E-state index in [1.165, 1.54) is 0 Å². The fourth-order valence-corrected chi connectivity index (χ4v) is 2.23. The highest BCUT2D eigenvalue weighted by Crippen LogP contribution is 2.23. The number of aryl methyl sites for hydroxylation is 2. The average Bonchev–Trinajstić information content (AvgIpc) is 2.86. The lowest BCUT2D eigenvalue weighted by atomic mass is 10.1. The second-order valence-electron chi connectivity index (χ2n) is 4.67. The Morgan fingerprint density at radius 2 is 2.05 bits per heavy atom. The summed E-state index contributed by atoms with van der Waals surface area (Å²) in [6.45, 7) is 2.08. The molecule has 0 spiro atoms. The van der Waals surface area contributed by atoms with E-state index in [0.717, 1.165) is 29.1 Å². The standard InChI is InChI=1S/C15H21N3O2/c1-4-14-13(9-18(2)17-14)15(10-19)16-11-5-7-12(20-3)8-6-11/h5-9,15-16,19H,4,10H2,1-3H3. The highest BCUT2D eigenvalue weighted by molar-refractivity contribution is 5.48. The molecule has 5 heteroatoms. The molecule has 0 fully saturated rings. The summed E-state index contributed by atoms with van der Waals surface area (Å²) < 4.78 is 6.92. The van der Waals surface area contributed by atoms with Crippen molar-refractivity contribution in [2.45, 2.75) is 19.4 Å². The molecule has 2 rings (SSSR count). The minimum atomic E-state index is -0.160. The maximum atomic E-state index is 9.65. The van der Waals surface area contributed by atoms with Gasteiger partial charge in [0.25, 0.3) is 0 Å². The number of anilines is 1. The fourth-order valence-electron chi connectivity index (χ4n) is 2.23. The molecule has 1 aromatic carbocycles. The van der Waals surface area contributed by atoms with Gasteiger partial charge in [-0.3, -0.25) is 4.68 Å². The van der Waals surface area contributed by atoms with Crippen molar-refractivity contribution in [3.8, 4) is 5.75 Å². The number of nitrogens with one attached hydrogen (secondary N) is 1. The molecule has 1 unspecified atom stereocenters. The quantitative estimate of drug-likeness (QED) is 0.848. The maximum Gasteiger partial charge on any atom is 0.119 e. The summed E-state index contributed by atoms with van der Waals surface area (Å²) in [4.78, 5) is 0. The van der Waals surface area contributed by atoms with Crippen molar-refractivity contribution >= 4 is 5.69 Å². The number of benzene rings is 1. The molecular weight excluding hydrogens is 254 g/mol. The van der Waals surface area contributed by atoms with E-state index < -0.39 is 0 Å². The van der Waals surface area contributed by atoms with Crippen LogP contribution >= 0.6 is 0 Å². The van der Waals surface area contributed by atoms with E-state index in [1.807, 2.05) is 37.5 Å². The van der Waals surface area contributed by atoms with Crippen molar-refractivity contribution in [3.63, 3.8) is 0 Å². The zero-order chi connectivity index (χ0) is 14.5. The number of rotatable bonds is 6. The molecule has 0 aliphatic heterocycles. The molecule has 0 radical (unpaired) electrons. The molecule has 0 saturated heterocycles. The first-order valence-electron chi connectivity index (χ1n) is 6.71. The van der Waals surface area contributed by atoms with E-state index in [9.17, 15) is 5.11 Å². The maximum absolute atomic E-state index is 9.65. The van der Waals surface area contributed by atoms with E-state index >= 15 is 0 Å². The van der Waals surface area contributed by atoms with Crippen LogP contribution in [0.3, 0.4) is 0 Å². The third kappa shape index (κ3) is 3.11. The van der Waals surface area contributed by atoms with Gasteiger partial charge in [-0.15, -0.1) is 0 Å². The van der Waals surface area contributed by atoms with Gasteiger partial charge in [-0.25, -0.2) is 0 Å². The van der Waals surface area contributed by atoms with Crippen LogP contribution < -0.4 is 10.1 Å². The third-order valence-corrected chi connectivity index (χ3v) is 3.26. The first-order valence-corrected chi connectivity index (χ1v) is 6.71. The number of aromatic nitrogens is 2. The van der Waals surface area contributed by atoms with Gasteiger partial charge in [0.15, 0.2) is 0 Å². The first kappa shape index (κ1) is 14.4. The van der Waals surface area contributed by atoms with Crippen LogP contribution in [0.1, 0.15) is 24.2 Å². The zero-order valence-corrected chi connectivity index (χ0v) is 12.1. The molecule has 0 aliphatic carbocycles. The van der Waals surface area contributed by atoms with E-state index in [-0.39, 0.29) is 12.6 Å². The van der Waals surface area contributed by atoms with Gasteiger partial charge in [-0.1, -0.05) is 6.92 Å².